The van der Waals surface area contributed by atoms with Gasteiger partial charge in [0.2, 0.25) is 11.9 Å². The van der Waals surface area contributed by atoms with E-state index in [1.165, 1.54) is 0 Å². The van der Waals surface area contributed by atoms with Gasteiger partial charge in [0.1, 0.15) is 0 Å². The fraction of sp³-hybridized carbons (Fsp3) is 0.538. The highest BCUT2D eigenvalue weighted by Crippen LogP contribution is 2.11. The number of hydrogen-bond donors (Lipinski definition) is 0. The first-order chi connectivity index (χ1) is 9.66. The number of amides is 1. The second kappa shape index (κ2) is 6.83. The summed E-state index contributed by atoms with van der Waals surface area (Å²) in [5.41, 5.74) is 0. The molecule has 0 aromatic carbocycles. The summed E-state index contributed by atoms with van der Waals surface area (Å²) in [6, 6.07) is 1.76. The van der Waals surface area contributed by atoms with Crippen LogP contribution in [0.4, 0.5) is 5.95 Å². The molecule has 108 valence electrons. The summed E-state index contributed by atoms with van der Waals surface area (Å²) < 4.78 is 0. The summed E-state index contributed by atoms with van der Waals surface area (Å²) in [7, 11) is 0. The van der Waals surface area contributed by atoms with Crippen LogP contribution in [0.3, 0.4) is 0 Å². The molecule has 20 heavy (non-hydrogen) atoms. The van der Waals surface area contributed by atoms with E-state index in [0.29, 0.717) is 38.5 Å². The highest BCUT2D eigenvalue weighted by atomic mass is 16.4. The zero-order valence-electron chi connectivity index (χ0n) is 11.2. The third-order valence-electron chi connectivity index (χ3n) is 3.24. The van der Waals surface area contributed by atoms with Gasteiger partial charge in [-0.05, 0) is 18.9 Å². The van der Waals surface area contributed by atoms with Crippen LogP contribution in [0.5, 0.6) is 0 Å². The summed E-state index contributed by atoms with van der Waals surface area (Å²) in [6.45, 7) is 2.61. The molecule has 2 rings (SSSR count). The van der Waals surface area contributed by atoms with Crippen molar-refractivity contribution in [2.75, 3.05) is 31.1 Å². The van der Waals surface area contributed by atoms with Gasteiger partial charge in [-0.15, -0.1) is 0 Å². The van der Waals surface area contributed by atoms with Crippen molar-refractivity contribution in [3.05, 3.63) is 18.5 Å². The molecule has 1 aromatic rings. The van der Waals surface area contributed by atoms with Gasteiger partial charge in [0.25, 0.3) is 0 Å². The number of carbonyl (C=O) groups is 2. The molecule has 1 fully saturated rings. The standard InChI is InChI=1S/C13H18N4O3/c18-11(3-1-4-12(19)20)16-7-9-17(10-8-16)13-14-5-2-6-15-13/h2,5-6H,1,3-4,7-10H2,(H,19,20)/p-1. The number of anilines is 1. The molecule has 0 unspecified atom stereocenters. The number of carboxylic acids is 1. The van der Waals surface area contributed by atoms with Crippen LogP contribution in [0.25, 0.3) is 0 Å². The first-order valence-electron chi connectivity index (χ1n) is 6.66. The Labute approximate surface area is 117 Å². The van der Waals surface area contributed by atoms with Crippen molar-refractivity contribution in [3.8, 4) is 0 Å². The molecule has 1 saturated heterocycles. The number of carbonyl (C=O) groups excluding carboxylic acids is 2. The first kappa shape index (κ1) is 14.2. The molecular weight excluding hydrogens is 260 g/mol. The molecule has 0 atom stereocenters. The van der Waals surface area contributed by atoms with Crippen molar-refractivity contribution in [2.24, 2.45) is 0 Å². The molecule has 0 aliphatic carbocycles. The smallest absolute Gasteiger partial charge is 0.225 e. The molecule has 0 N–H and O–H groups in total. The Morgan fingerprint density at radius 2 is 1.75 bits per heavy atom. The van der Waals surface area contributed by atoms with E-state index in [4.69, 9.17) is 0 Å². The first-order valence-corrected chi connectivity index (χ1v) is 6.66. The number of rotatable bonds is 5. The van der Waals surface area contributed by atoms with Crippen LogP contribution >= 0.6 is 0 Å². The molecule has 7 heteroatoms. The van der Waals surface area contributed by atoms with E-state index in [0.717, 1.165) is 0 Å². The van der Waals surface area contributed by atoms with Crippen molar-refractivity contribution in [2.45, 2.75) is 19.3 Å². The van der Waals surface area contributed by atoms with Crippen LogP contribution < -0.4 is 10.0 Å². The zero-order chi connectivity index (χ0) is 14.4. The molecule has 7 nitrogen and oxygen atoms in total. The highest BCUT2D eigenvalue weighted by molar-refractivity contribution is 5.77. The van der Waals surface area contributed by atoms with Crippen LogP contribution in [-0.4, -0.2) is 52.9 Å². The molecule has 0 saturated carbocycles. The molecule has 1 aliphatic rings. The van der Waals surface area contributed by atoms with Crippen molar-refractivity contribution in [3.63, 3.8) is 0 Å². The van der Waals surface area contributed by atoms with E-state index in [-0.39, 0.29) is 18.7 Å². The zero-order valence-corrected chi connectivity index (χ0v) is 11.2. The molecule has 2 heterocycles. The number of piperazine rings is 1. The molecule has 1 amide bonds. The second-order valence-corrected chi connectivity index (χ2v) is 4.64. The molecular formula is C13H17N4O3-. The van der Waals surface area contributed by atoms with E-state index in [9.17, 15) is 14.7 Å². The molecule has 0 bridgehead atoms. The van der Waals surface area contributed by atoms with Crippen LogP contribution in [-0.2, 0) is 9.59 Å². The Morgan fingerprint density at radius 3 is 2.35 bits per heavy atom. The minimum Gasteiger partial charge on any atom is -0.550 e. The van der Waals surface area contributed by atoms with Gasteiger partial charge in [0.05, 0.1) is 0 Å². The lowest BCUT2D eigenvalue weighted by Crippen LogP contribution is -2.49. The summed E-state index contributed by atoms with van der Waals surface area (Å²) in [5.74, 6) is -0.430. The Hall–Kier alpha value is -2.18. The predicted molar refractivity (Wildman–Crippen MR) is 69.7 cm³/mol. The van der Waals surface area contributed by atoms with Gasteiger partial charge < -0.3 is 19.7 Å². The predicted octanol–water partition coefficient (Wildman–Crippen LogP) is -0.955. The van der Waals surface area contributed by atoms with Gasteiger partial charge in [0.15, 0.2) is 0 Å². The van der Waals surface area contributed by atoms with Crippen molar-refractivity contribution in [1.29, 1.82) is 0 Å². The Kier molecular flexibility index (Phi) is 4.86. The van der Waals surface area contributed by atoms with Gasteiger partial charge in [-0.1, -0.05) is 0 Å². The minimum atomic E-state index is -1.11. The fourth-order valence-corrected chi connectivity index (χ4v) is 2.15. The highest BCUT2D eigenvalue weighted by Gasteiger charge is 2.21. The van der Waals surface area contributed by atoms with Crippen LogP contribution in [0.2, 0.25) is 0 Å². The SMILES string of the molecule is O=C([O-])CCCC(=O)N1CCN(c2ncccn2)CC1. The third-order valence-corrected chi connectivity index (χ3v) is 3.24. The largest absolute Gasteiger partial charge is 0.550 e. The number of carboxylic acid groups (broad SMARTS) is 1. The van der Waals surface area contributed by atoms with Crippen LogP contribution in [0.15, 0.2) is 18.5 Å². The Bertz CT molecular complexity index is 458. The average Bonchev–Trinajstić information content (AvgIpc) is 2.48. The topological polar surface area (TPSA) is 89.5 Å². The molecule has 1 aromatic heterocycles. The summed E-state index contributed by atoms with van der Waals surface area (Å²) in [5, 5.41) is 10.3. The average molecular weight is 277 g/mol. The van der Waals surface area contributed by atoms with E-state index in [1.807, 2.05) is 4.90 Å². The molecule has 0 radical (unpaired) electrons. The molecule has 0 spiro atoms. The number of aliphatic carboxylic acids is 1. The van der Waals surface area contributed by atoms with Gasteiger partial charge in [-0.2, -0.15) is 0 Å². The van der Waals surface area contributed by atoms with E-state index in [2.05, 4.69) is 9.97 Å². The van der Waals surface area contributed by atoms with E-state index < -0.39 is 5.97 Å². The van der Waals surface area contributed by atoms with Crippen LogP contribution in [0, 0.1) is 0 Å². The normalized spacial score (nSPS) is 15.2. The van der Waals surface area contributed by atoms with Gasteiger partial charge in [0, 0.05) is 51.0 Å². The quantitative estimate of drug-likeness (QED) is 0.689. The Balaban J connectivity index is 1.76. The minimum absolute atomic E-state index is 0.000111. The van der Waals surface area contributed by atoms with E-state index >= 15 is 0 Å². The van der Waals surface area contributed by atoms with Crippen molar-refractivity contribution < 1.29 is 14.7 Å². The van der Waals surface area contributed by atoms with Gasteiger partial charge in [-0.25, -0.2) is 9.97 Å². The second-order valence-electron chi connectivity index (χ2n) is 4.64. The fourth-order valence-electron chi connectivity index (χ4n) is 2.15. The monoisotopic (exact) mass is 277 g/mol. The summed E-state index contributed by atoms with van der Waals surface area (Å²) in [4.78, 5) is 34.3. The van der Waals surface area contributed by atoms with Crippen LogP contribution in [0.1, 0.15) is 19.3 Å². The van der Waals surface area contributed by atoms with E-state index in [1.54, 1.807) is 23.4 Å². The maximum Gasteiger partial charge on any atom is 0.225 e. The lowest BCUT2D eigenvalue weighted by Gasteiger charge is -2.34. The number of hydrogen-bond acceptors (Lipinski definition) is 6. The maximum absolute atomic E-state index is 11.9. The Morgan fingerprint density at radius 1 is 1.10 bits per heavy atom. The summed E-state index contributed by atoms with van der Waals surface area (Å²) >= 11 is 0. The lowest BCUT2D eigenvalue weighted by molar-refractivity contribution is -0.305. The van der Waals surface area contributed by atoms with Gasteiger partial charge >= 0.3 is 0 Å². The third kappa shape index (κ3) is 3.91. The number of nitrogens with zero attached hydrogens (tertiary/aromatic N) is 4. The van der Waals surface area contributed by atoms with Crippen molar-refractivity contribution >= 4 is 17.8 Å². The van der Waals surface area contributed by atoms with Gasteiger partial charge in [-0.3, -0.25) is 4.79 Å². The molecule has 1 aliphatic heterocycles. The van der Waals surface area contributed by atoms with Crippen molar-refractivity contribution in [1.82, 2.24) is 14.9 Å². The number of aromatic nitrogens is 2. The maximum atomic E-state index is 11.9. The summed E-state index contributed by atoms with van der Waals surface area (Å²) in [6.07, 6.45) is 3.92. The lowest BCUT2D eigenvalue weighted by atomic mass is 10.2.